The molecule has 0 aliphatic carbocycles. The minimum absolute atomic E-state index is 0.686. The van der Waals surface area contributed by atoms with Gasteiger partial charge in [0.25, 0.3) is 0 Å². The summed E-state index contributed by atoms with van der Waals surface area (Å²) in [6.45, 7) is 1.76. The average molecular weight is 285 g/mol. The van der Waals surface area contributed by atoms with Crippen molar-refractivity contribution in [2.75, 3.05) is 31.4 Å². The molecule has 0 amide bonds. The summed E-state index contributed by atoms with van der Waals surface area (Å²) in [6, 6.07) is 6.09. The molecule has 2 aromatic rings. The molecule has 0 saturated carbocycles. The van der Waals surface area contributed by atoms with E-state index in [1.54, 1.807) is 20.4 Å². The van der Waals surface area contributed by atoms with Crippen LogP contribution < -0.4 is 20.1 Å². The molecule has 0 radical (unpaired) electrons. The van der Waals surface area contributed by atoms with Crippen molar-refractivity contribution in [3.63, 3.8) is 0 Å². The van der Waals surface area contributed by atoms with Crippen LogP contribution in [0.1, 0.15) is 11.1 Å². The maximum Gasteiger partial charge on any atom is 0.161 e. The minimum atomic E-state index is 0.686. The molecule has 5 nitrogen and oxygen atoms in total. The van der Waals surface area contributed by atoms with Crippen LogP contribution in [0.3, 0.4) is 0 Å². The van der Waals surface area contributed by atoms with Crippen LogP contribution in [0, 0.1) is 0 Å². The van der Waals surface area contributed by atoms with Crippen molar-refractivity contribution in [3.8, 4) is 11.5 Å². The molecule has 1 aliphatic heterocycles. The third-order valence-corrected chi connectivity index (χ3v) is 3.83. The van der Waals surface area contributed by atoms with Gasteiger partial charge in [0.15, 0.2) is 11.5 Å². The van der Waals surface area contributed by atoms with E-state index in [2.05, 4.69) is 22.0 Å². The van der Waals surface area contributed by atoms with Gasteiger partial charge in [-0.25, -0.2) is 0 Å². The zero-order valence-electron chi connectivity index (χ0n) is 12.3. The SMILES string of the molecule is COc1cc2c(cc1OC)CN(c1cncc(N)c1)CC2. The highest BCUT2D eigenvalue weighted by Crippen LogP contribution is 2.34. The Morgan fingerprint density at radius 1 is 1.05 bits per heavy atom. The number of hydrogen-bond acceptors (Lipinski definition) is 5. The highest BCUT2D eigenvalue weighted by molar-refractivity contribution is 5.56. The molecule has 0 saturated heterocycles. The van der Waals surface area contributed by atoms with Crippen molar-refractivity contribution < 1.29 is 9.47 Å². The van der Waals surface area contributed by atoms with Crippen LogP contribution in [-0.2, 0) is 13.0 Å². The van der Waals surface area contributed by atoms with Crippen molar-refractivity contribution in [1.82, 2.24) is 4.98 Å². The number of anilines is 2. The molecule has 1 aromatic carbocycles. The third-order valence-electron chi connectivity index (χ3n) is 3.83. The molecule has 0 unspecified atom stereocenters. The van der Waals surface area contributed by atoms with Gasteiger partial charge in [-0.1, -0.05) is 0 Å². The van der Waals surface area contributed by atoms with E-state index in [1.807, 2.05) is 12.3 Å². The highest BCUT2D eigenvalue weighted by Gasteiger charge is 2.20. The number of nitrogens with two attached hydrogens (primary N) is 1. The van der Waals surface area contributed by atoms with Gasteiger partial charge in [-0.15, -0.1) is 0 Å². The molecule has 0 spiro atoms. The number of benzene rings is 1. The molecular weight excluding hydrogens is 266 g/mol. The summed E-state index contributed by atoms with van der Waals surface area (Å²) in [5.41, 5.74) is 10.1. The number of rotatable bonds is 3. The largest absolute Gasteiger partial charge is 0.493 e. The van der Waals surface area contributed by atoms with Crippen molar-refractivity contribution >= 4 is 11.4 Å². The lowest BCUT2D eigenvalue weighted by molar-refractivity contribution is 0.353. The molecule has 2 heterocycles. The van der Waals surface area contributed by atoms with Gasteiger partial charge in [0.05, 0.1) is 31.8 Å². The zero-order chi connectivity index (χ0) is 14.8. The number of nitrogens with zero attached hydrogens (tertiary/aromatic N) is 2. The smallest absolute Gasteiger partial charge is 0.161 e. The number of nitrogen functional groups attached to an aromatic ring is 1. The van der Waals surface area contributed by atoms with E-state index in [-0.39, 0.29) is 0 Å². The molecule has 0 atom stereocenters. The van der Waals surface area contributed by atoms with Crippen molar-refractivity contribution in [3.05, 3.63) is 41.7 Å². The Morgan fingerprint density at radius 3 is 2.43 bits per heavy atom. The highest BCUT2D eigenvalue weighted by atomic mass is 16.5. The third kappa shape index (κ3) is 2.59. The first-order chi connectivity index (χ1) is 10.2. The molecule has 3 rings (SSSR count). The summed E-state index contributed by atoms with van der Waals surface area (Å²) in [7, 11) is 3.32. The van der Waals surface area contributed by atoms with Crippen LogP contribution in [0.2, 0.25) is 0 Å². The topological polar surface area (TPSA) is 60.6 Å². The Hall–Kier alpha value is -2.43. The number of hydrogen-bond donors (Lipinski definition) is 1. The molecule has 110 valence electrons. The monoisotopic (exact) mass is 285 g/mol. The van der Waals surface area contributed by atoms with Crippen LogP contribution in [0.5, 0.6) is 11.5 Å². The maximum absolute atomic E-state index is 5.82. The summed E-state index contributed by atoms with van der Waals surface area (Å²) in [5.74, 6) is 1.55. The summed E-state index contributed by atoms with van der Waals surface area (Å²) in [4.78, 5) is 6.44. The quantitative estimate of drug-likeness (QED) is 0.937. The number of methoxy groups -OCH3 is 2. The standard InChI is InChI=1S/C16H19N3O2/c1-20-15-5-11-3-4-19(10-12(11)6-16(15)21-2)14-7-13(17)8-18-9-14/h5-9H,3-4,10,17H2,1-2H3. The predicted octanol–water partition coefficient (Wildman–Crippen LogP) is 2.24. The summed E-state index contributed by atoms with van der Waals surface area (Å²) in [6.07, 6.45) is 4.47. The second-order valence-corrected chi connectivity index (χ2v) is 5.12. The Kier molecular flexibility index (Phi) is 3.56. The Labute approximate surface area is 124 Å². The van der Waals surface area contributed by atoms with E-state index in [0.717, 1.165) is 36.7 Å². The number of pyridine rings is 1. The van der Waals surface area contributed by atoms with E-state index in [1.165, 1.54) is 11.1 Å². The van der Waals surface area contributed by atoms with E-state index in [4.69, 9.17) is 15.2 Å². The van der Waals surface area contributed by atoms with Crippen molar-refractivity contribution in [2.24, 2.45) is 0 Å². The Balaban J connectivity index is 1.91. The molecule has 21 heavy (non-hydrogen) atoms. The molecule has 2 N–H and O–H groups in total. The lowest BCUT2D eigenvalue weighted by Gasteiger charge is -2.31. The van der Waals surface area contributed by atoms with Gasteiger partial charge in [0.2, 0.25) is 0 Å². The first-order valence-corrected chi connectivity index (χ1v) is 6.90. The molecule has 1 aromatic heterocycles. The first-order valence-electron chi connectivity index (χ1n) is 6.90. The zero-order valence-corrected chi connectivity index (χ0v) is 12.3. The average Bonchev–Trinajstić information content (AvgIpc) is 2.53. The molecule has 0 fully saturated rings. The fourth-order valence-corrected chi connectivity index (χ4v) is 2.72. The van der Waals surface area contributed by atoms with Crippen LogP contribution in [0.4, 0.5) is 11.4 Å². The number of fused-ring (bicyclic) bond motifs is 1. The fraction of sp³-hybridized carbons (Fsp3) is 0.312. The summed E-state index contributed by atoms with van der Waals surface area (Å²) < 4.78 is 10.8. The lowest BCUT2D eigenvalue weighted by atomic mass is 9.98. The normalized spacial score (nSPS) is 13.7. The van der Waals surface area contributed by atoms with Crippen molar-refractivity contribution in [1.29, 1.82) is 0 Å². The molecule has 1 aliphatic rings. The Bertz CT molecular complexity index is 658. The van der Waals surface area contributed by atoms with Crippen molar-refractivity contribution in [2.45, 2.75) is 13.0 Å². The first kappa shape index (κ1) is 13.5. The second-order valence-electron chi connectivity index (χ2n) is 5.12. The van der Waals surface area contributed by atoms with Gasteiger partial charge in [0, 0.05) is 19.3 Å². The van der Waals surface area contributed by atoms with Gasteiger partial charge in [-0.3, -0.25) is 4.98 Å². The molecule has 0 bridgehead atoms. The Morgan fingerprint density at radius 2 is 1.76 bits per heavy atom. The fourth-order valence-electron chi connectivity index (χ4n) is 2.72. The van der Waals surface area contributed by atoms with E-state index < -0.39 is 0 Å². The van der Waals surface area contributed by atoms with E-state index >= 15 is 0 Å². The second kappa shape index (κ2) is 5.52. The van der Waals surface area contributed by atoms with Crippen LogP contribution in [0.15, 0.2) is 30.6 Å². The van der Waals surface area contributed by atoms with Gasteiger partial charge in [-0.2, -0.15) is 0 Å². The van der Waals surface area contributed by atoms with Crippen LogP contribution >= 0.6 is 0 Å². The van der Waals surface area contributed by atoms with Crippen LogP contribution in [0.25, 0.3) is 0 Å². The summed E-state index contributed by atoms with van der Waals surface area (Å²) >= 11 is 0. The van der Waals surface area contributed by atoms with Crippen LogP contribution in [-0.4, -0.2) is 25.7 Å². The lowest BCUT2D eigenvalue weighted by Crippen LogP contribution is -2.30. The van der Waals surface area contributed by atoms with E-state index in [9.17, 15) is 0 Å². The maximum atomic E-state index is 5.82. The van der Waals surface area contributed by atoms with Gasteiger partial charge < -0.3 is 20.1 Å². The van der Waals surface area contributed by atoms with Gasteiger partial charge in [0.1, 0.15) is 0 Å². The van der Waals surface area contributed by atoms with E-state index in [0.29, 0.717) is 5.69 Å². The predicted molar refractivity (Wildman–Crippen MR) is 82.9 cm³/mol. The number of ether oxygens (including phenoxy) is 2. The minimum Gasteiger partial charge on any atom is -0.493 e. The van der Waals surface area contributed by atoms with Gasteiger partial charge >= 0.3 is 0 Å². The van der Waals surface area contributed by atoms with Gasteiger partial charge in [-0.05, 0) is 35.7 Å². The summed E-state index contributed by atoms with van der Waals surface area (Å²) in [5, 5.41) is 0. The number of aromatic nitrogens is 1. The molecular formula is C16H19N3O2. The molecule has 5 heteroatoms.